The molecule has 1 rings (SSSR count). The van der Waals surface area contributed by atoms with Crippen molar-refractivity contribution in [3.8, 4) is 0 Å². The van der Waals surface area contributed by atoms with Crippen LogP contribution in [0.3, 0.4) is 0 Å². The van der Waals surface area contributed by atoms with Gasteiger partial charge in [0.25, 0.3) is 0 Å². The molecule has 2 N–H and O–H groups in total. The van der Waals surface area contributed by atoms with Gasteiger partial charge in [-0.1, -0.05) is 13.8 Å². The maximum Gasteiger partial charge on any atom is 0.326 e. The summed E-state index contributed by atoms with van der Waals surface area (Å²) in [6, 6.07) is 0.225. The van der Waals surface area contributed by atoms with E-state index in [1.807, 2.05) is 13.8 Å². The van der Waals surface area contributed by atoms with Gasteiger partial charge in [0.2, 0.25) is 11.8 Å². The second-order valence-corrected chi connectivity index (χ2v) is 5.94. The van der Waals surface area contributed by atoms with Gasteiger partial charge in [-0.3, -0.25) is 14.3 Å². The number of hydrogen-bond acceptors (Lipinski definition) is 4. The molecule has 0 radical (unpaired) electrons. The Morgan fingerprint density at radius 3 is 2.43 bits per heavy atom. The average Bonchev–Trinajstić information content (AvgIpc) is 2.98. The van der Waals surface area contributed by atoms with E-state index in [1.165, 1.54) is 16.6 Å². The molecular formula is C15H24N4O4. The van der Waals surface area contributed by atoms with Crippen LogP contribution in [0.4, 0.5) is 0 Å². The van der Waals surface area contributed by atoms with E-state index in [9.17, 15) is 14.4 Å². The first-order valence-corrected chi connectivity index (χ1v) is 7.48. The summed E-state index contributed by atoms with van der Waals surface area (Å²) in [5, 5.41) is 15.6. The maximum absolute atomic E-state index is 12.2. The van der Waals surface area contributed by atoms with Crippen molar-refractivity contribution in [1.82, 2.24) is 20.0 Å². The lowest BCUT2D eigenvalue weighted by atomic mass is 10.0. The summed E-state index contributed by atoms with van der Waals surface area (Å²) in [6.45, 7) is 5.24. The Morgan fingerprint density at radius 2 is 1.96 bits per heavy atom. The molecule has 2 atom stereocenters. The smallest absolute Gasteiger partial charge is 0.326 e. The number of carbonyl (C=O) groups is 3. The molecule has 0 fully saturated rings. The highest BCUT2D eigenvalue weighted by molar-refractivity contribution is 5.88. The second-order valence-electron chi connectivity index (χ2n) is 5.94. The number of nitrogens with zero attached hydrogens (tertiary/aromatic N) is 3. The van der Waals surface area contributed by atoms with Gasteiger partial charge in [0.1, 0.15) is 12.1 Å². The number of nitrogens with one attached hydrogen (secondary N) is 1. The Morgan fingerprint density at radius 1 is 1.30 bits per heavy atom. The summed E-state index contributed by atoms with van der Waals surface area (Å²) in [6.07, 6.45) is 3.57. The number of carboxylic acid groups (broad SMARTS) is 1. The molecule has 1 aromatic rings. The van der Waals surface area contributed by atoms with Gasteiger partial charge in [-0.2, -0.15) is 5.10 Å². The van der Waals surface area contributed by atoms with Crippen LogP contribution < -0.4 is 5.32 Å². The molecule has 0 saturated carbocycles. The third kappa shape index (κ3) is 5.72. The lowest BCUT2D eigenvalue weighted by Crippen LogP contribution is -2.47. The number of aliphatic carboxylic acids is 1. The van der Waals surface area contributed by atoms with Crippen LogP contribution in [0.25, 0.3) is 0 Å². The van der Waals surface area contributed by atoms with Crippen LogP contribution in [-0.2, 0) is 14.4 Å². The molecule has 0 aromatic carbocycles. The molecule has 0 bridgehead atoms. The van der Waals surface area contributed by atoms with Gasteiger partial charge in [-0.05, 0) is 25.3 Å². The van der Waals surface area contributed by atoms with E-state index in [1.54, 1.807) is 25.4 Å². The van der Waals surface area contributed by atoms with Gasteiger partial charge in [-0.15, -0.1) is 0 Å². The monoisotopic (exact) mass is 324 g/mol. The van der Waals surface area contributed by atoms with Gasteiger partial charge >= 0.3 is 5.97 Å². The molecule has 0 aliphatic rings. The Kier molecular flexibility index (Phi) is 6.74. The van der Waals surface area contributed by atoms with Crippen molar-refractivity contribution < 1.29 is 19.5 Å². The van der Waals surface area contributed by atoms with Gasteiger partial charge < -0.3 is 15.3 Å². The molecule has 128 valence electrons. The summed E-state index contributed by atoms with van der Waals surface area (Å²) in [5.41, 5.74) is 0. The fourth-order valence-corrected chi connectivity index (χ4v) is 2.17. The van der Waals surface area contributed by atoms with Gasteiger partial charge in [0.05, 0.1) is 6.54 Å². The minimum absolute atomic E-state index is 0.135. The molecule has 1 aromatic heterocycles. The van der Waals surface area contributed by atoms with Crippen LogP contribution in [-0.4, -0.2) is 57.2 Å². The van der Waals surface area contributed by atoms with Crippen LogP contribution in [0.5, 0.6) is 0 Å². The molecule has 0 aliphatic carbocycles. The lowest BCUT2D eigenvalue weighted by molar-refractivity contribution is -0.143. The van der Waals surface area contributed by atoms with Crippen LogP contribution in [0, 0.1) is 5.92 Å². The normalized spacial score (nSPS) is 13.4. The summed E-state index contributed by atoms with van der Waals surface area (Å²) in [5.74, 6) is -1.72. The Labute approximate surface area is 135 Å². The van der Waals surface area contributed by atoms with Gasteiger partial charge in [0.15, 0.2) is 0 Å². The highest BCUT2D eigenvalue weighted by Gasteiger charge is 2.24. The first-order valence-electron chi connectivity index (χ1n) is 7.48. The van der Waals surface area contributed by atoms with E-state index in [2.05, 4.69) is 10.4 Å². The molecule has 0 aliphatic heterocycles. The average molecular weight is 324 g/mol. The Hall–Kier alpha value is -2.38. The third-order valence-corrected chi connectivity index (χ3v) is 3.38. The van der Waals surface area contributed by atoms with E-state index < -0.39 is 24.0 Å². The molecule has 8 heteroatoms. The van der Waals surface area contributed by atoms with E-state index in [-0.39, 0.29) is 18.4 Å². The highest BCUT2D eigenvalue weighted by Crippen LogP contribution is 2.08. The quantitative estimate of drug-likeness (QED) is 0.725. The zero-order valence-corrected chi connectivity index (χ0v) is 13.9. The van der Waals surface area contributed by atoms with Crippen molar-refractivity contribution in [3.63, 3.8) is 0 Å². The topological polar surface area (TPSA) is 105 Å². The van der Waals surface area contributed by atoms with E-state index in [0.29, 0.717) is 6.42 Å². The fourth-order valence-electron chi connectivity index (χ4n) is 2.17. The molecule has 2 amide bonds. The first kappa shape index (κ1) is 18.7. The van der Waals surface area contributed by atoms with E-state index in [4.69, 9.17) is 5.11 Å². The van der Waals surface area contributed by atoms with Crippen LogP contribution in [0.15, 0.2) is 18.5 Å². The van der Waals surface area contributed by atoms with Crippen molar-refractivity contribution in [3.05, 3.63) is 18.5 Å². The molecule has 23 heavy (non-hydrogen) atoms. The van der Waals surface area contributed by atoms with E-state index >= 15 is 0 Å². The highest BCUT2D eigenvalue weighted by atomic mass is 16.4. The van der Waals surface area contributed by atoms with Crippen LogP contribution in [0.2, 0.25) is 0 Å². The SMILES string of the molecule is CC(C)CC(NC(=O)CN(C)C(=O)C(C)n1cccn1)C(=O)O. The summed E-state index contributed by atoms with van der Waals surface area (Å²) in [4.78, 5) is 36.6. The summed E-state index contributed by atoms with van der Waals surface area (Å²) >= 11 is 0. The molecule has 2 unspecified atom stereocenters. The minimum atomic E-state index is -1.08. The predicted molar refractivity (Wildman–Crippen MR) is 83.6 cm³/mol. The lowest BCUT2D eigenvalue weighted by Gasteiger charge is -2.22. The number of hydrogen-bond donors (Lipinski definition) is 2. The first-order chi connectivity index (χ1) is 10.7. The van der Waals surface area contributed by atoms with Crippen LogP contribution >= 0.6 is 0 Å². The molecule has 8 nitrogen and oxygen atoms in total. The number of aromatic nitrogens is 2. The molecule has 1 heterocycles. The van der Waals surface area contributed by atoms with Crippen molar-refractivity contribution in [2.45, 2.75) is 39.3 Å². The number of amides is 2. The molecular weight excluding hydrogens is 300 g/mol. The predicted octanol–water partition coefficient (Wildman–Crippen LogP) is 0.518. The Bertz CT molecular complexity index is 542. The fraction of sp³-hybridized carbons (Fsp3) is 0.600. The Balaban J connectivity index is 2.58. The minimum Gasteiger partial charge on any atom is -0.480 e. The van der Waals surface area contributed by atoms with Crippen molar-refractivity contribution >= 4 is 17.8 Å². The number of likely N-dealkylation sites (N-methyl/N-ethyl adjacent to an activating group) is 1. The summed E-state index contributed by atoms with van der Waals surface area (Å²) in [7, 11) is 1.50. The second kappa shape index (κ2) is 8.30. The zero-order chi connectivity index (χ0) is 17.6. The molecule has 0 spiro atoms. The summed E-state index contributed by atoms with van der Waals surface area (Å²) < 4.78 is 1.50. The number of carboxylic acids is 1. The van der Waals surface area contributed by atoms with E-state index in [0.717, 1.165) is 0 Å². The van der Waals surface area contributed by atoms with Crippen molar-refractivity contribution in [2.75, 3.05) is 13.6 Å². The number of rotatable bonds is 8. The van der Waals surface area contributed by atoms with Crippen LogP contribution in [0.1, 0.15) is 33.2 Å². The standard InChI is InChI=1S/C15H24N4O4/c1-10(2)8-12(15(22)23)17-13(20)9-18(4)14(21)11(3)19-7-5-6-16-19/h5-7,10-12H,8-9H2,1-4H3,(H,17,20)(H,22,23). The molecule has 0 saturated heterocycles. The maximum atomic E-state index is 12.2. The van der Waals surface area contributed by atoms with Crippen molar-refractivity contribution in [2.24, 2.45) is 5.92 Å². The third-order valence-electron chi connectivity index (χ3n) is 3.38. The van der Waals surface area contributed by atoms with Gasteiger partial charge in [-0.25, -0.2) is 4.79 Å². The van der Waals surface area contributed by atoms with Gasteiger partial charge in [0, 0.05) is 19.4 Å². The largest absolute Gasteiger partial charge is 0.480 e. The zero-order valence-electron chi connectivity index (χ0n) is 13.9. The van der Waals surface area contributed by atoms with Crippen molar-refractivity contribution in [1.29, 1.82) is 0 Å². The number of carbonyl (C=O) groups excluding carboxylic acids is 2.